The molecule has 0 aliphatic heterocycles. The maximum Gasteiger partial charge on any atom is 0.0929 e. The first kappa shape index (κ1) is 10.4. The van der Waals surface area contributed by atoms with Gasteiger partial charge in [0.25, 0.3) is 0 Å². The number of hydrogen-bond acceptors (Lipinski definition) is 2. The van der Waals surface area contributed by atoms with Gasteiger partial charge in [0.15, 0.2) is 0 Å². The van der Waals surface area contributed by atoms with Crippen LogP contribution in [0.25, 0.3) is 11.3 Å². The molecule has 0 fully saturated rings. The van der Waals surface area contributed by atoms with Crippen molar-refractivity contribution in [2.75, 3.05) is 11.9 Å². The molecule has 0 unspecified atom stereocenters. The number of H-pyrrole nitrogens is 1. The van der Waals surface area contributed by atoms with Gasteiger partial charge in [0.1, 0.15) is 0 Å². The molecule has 0 aliphatic carbocycles. The molecule has 4 heteroatoms. The number of nitrogens with one attached hydrogen (secondary N) is 2. The van der Waals surface area contributed by atoms with Gasteiger partial charge in [0.2, 0.25) is 0 Å². The average Bonchev–Trinajstić information content (AvgIpc) is 2.75. The van der Waals surface area contributed by atoms with Crippen molar-refractivity contribution >= 4 is 12.0 Å². The number of imidazole rings is 1. The third-order valence-electron chi connectivity index (χ3n) is 2.57. The van der Waals surface area contributed by atoms with E-state index in [4.69, 9.17) is 5.41 Å². The normalized spacial score (nSPS) is 10.1. The van der Waals surface area contributed by atoms with Crippen molar-refractivity contribution in [1.29, 1.82) is 5.41 Å². The van der Waals surface area contributed by atoms with Crippen LogP contribution in [-0.4, -0.2) is 23.4 Å². The summed E-state index contributed by atoms with van der Waals surface area (Å²) in [6.07, 6.45) is 2.98. The van der Waals surface area contributed by atoms with Gasteiger partial charge in [-0.1, -0.05) is 12.1 Å². The number of aromatic amines is 1. The summed E-state index contributed by atoms with van der Waals surface area (Å²) in [6, 6.07) is 7.99. The standard InChI is InChI=1S/C12H14N4/c1-9-12(15-8-14-9)10-3-5-11(6-4-10)16(2)7-13/h3-8,13H,1-2H3,(H,14,15). The first-order chi connectivity index (χ1) is 7.72. The molecule has 1 aromatic carbocycles. The monoisotopic (exact) mass is 214 g/mol. The molecule has 0 bridgehead atoms. The summed E-state index contributed by atoms with van der Waals surface area (Å²) in [5.41, 5.74) is 4.12. The minimum atomic E-state index is 0.976. The third kappa shape index (κ3) is 1.82. The highest BCUT2D eigenvalue weighted by molar-refractivity contribution is 5.77. The second-order valence-electron chi connectivity index (χ2n) is 3.66. The van der Waals surface area contributed by atoms with Crippen LogP contribution in [0.1, 0.15) is 5.69 Å². The molecular formula is C12H14N4. The van der Waals surface area contributed by atoms with Crippen molar-refractivity contribution in [3.05, 3.63) is 36.3 Å². The van der Waals surface area contributed by atoms with E-state index in [-0.39, 0.29) is 0 Å². The molecule has 2 rings (SSSR count). The van der Waals surface area contributed by atoms with Crippen molar-refractivity contribution in [1.82, 2.24) is 9.97 Å². The summed E-state index contributed by atoms with van der Waals surface area (Å²) in [4.78, 5) is 9.08. The Morgan fingerprint density at radius 1 is 1.31 bits per heavy atom. The lowest BCUT2D eigenvalue weighted by molar-refractivity contribution is 1.25. The average molecular weight is 214 g/mol. The predicted octanol–water partition coefficient (Wildman–Crippen LogP) is 2.43. The van der Waals surface area contributed by atoms with Crippen molar-refractivity contribution in [2.24, 2.45) is 0 Å². The van der Waals surface area contributed by atoms with Gasteiger partial charge < -0.3 is 9.88 Å². The van der Waals surface area contributed by atoms with E-state index >= 15 is 0 Å². The predicted molar refractivity (Wildman–Crippen MR) is 65.9 cm³/mol. The van der Waals surface area contributed by atoms with E-state index < -0.39 is 0 Å². The number of aromatic nitrogens is 2. The molecule has 0 spiro atoms. The first-order valence-electron chi connectivity index (χ1n) is 5.06. The van der Waals surface area contributed by atoms with Gasteiger partial charge in [-0.05, 0) is 19.1 Å². The molecule has 4 nitrogen and oxygen atoms in total. The molecule has 0 saturated carbocycles. The van der Waals surface area contributed by atoms with E-state index in [1.54, 1.807) is 11.2 Å². The van der Waals surface area contributed by atoms with Crippen LogP contribution in [-0.2, 0) is 0 Å². The van der Waals surface area contributed by atoms with Crippen LogP contribution in [0.4, 0.5) is 5.69 Å². The number of benzene rings is 1. The lowest BCUT2D eigenvalue weighted by Gasteiger charge is -2.12. The van der Waals surface area contributed by atoms with Crippen LogP contribution in [0.5, 0.6) is 0 Å². The van der Waals surface area contributed by atoms with Gasteiger partial charge in [0, 0.05) is 24.0 Å². The Morgan fingerprint density at radius 3 is 2.50 bits per heavy atom. The maximum absolute atomic E-state index is 7.16. The van der Waals surface area contributed by atoms with Crippen LogP contribution in [0, 0.1) is 12.3 Å². The van der Waals surface area contributed by atoms with Crippen molar-refractivity contribution in [2.45, 2.75) is 6.92 Å². The fourth-order valence-corrected chi connectivity index (χ4v) is 1.58. The van der Waals surface area contributed by atoms with E-state index in [1.807, 2.05) is 38.2 Å². The number of anilines is 1. The molecule has 0 atom stereocenters. The van der Waals surface area contributed by atoms with E-state index in [1.165, 1.54) is 6.34 Å². The van der Waals surface area contributed by atoms with Gasteiger partial charge in [-0.2, -0.15) is 0 Å². The smallest absolute Gasteiger partial charge is 0.0929 e. The lowest BCUT2D eigenvalue weighted by Crippen LogP contribution is -2.12. The molecule has 2 aromatic rings. The Morgan fingerprint density at radius 2 is 2.00 bits per heavy atom. The van der Waals surface area contributed by atoms with Crippen LogP contribution in [0.15, 0.2) is 30.6 Å². The SMILES string of the molecule is Cc1[nH]cnc1-c1ccc(N(C)C=N)cc1. The fraction of sp³-hybridized carbons (Fsp3) is 0.167. The summed E-state index contributed by atoms with van der Waals surface area (Å²) < 4.78 is 0. The highest BCUT2D eigenvalue weighted by Crippen LogP contribution is 2.22. The number of aryl methyl sites for hydroxylation is 1. The topological polar surface area (TPSA) is 55.8 Å². The van der Waals surface area contributed by atoms with Crippen LogP contribution < -0.4 is 4.90 Å². The van der Waals surface area contributed by atoms with Crippen LogP contribution in [0.3, 0.4) is 0 Å². The zero-order valence-electron chi connectivity index (χ0n) is 9.36. The van der Waals surface area contributed by atoms with Crippen LogP contribution in [0.2, 0.25) is 0 Å². The van der Waals surface area contributed by atoms with Crippen LogP contribution >= 0.6 is 0 Å². The van der Waals surface area contributed by atoms with Gasteiger partial charge in [-0.25, -0.2) is 4.98 Å². The van der Waals surface area contributed by atoms with Crippen molar-refractivity contribution in [3.63, 3.8) is 0 Å². The van der Waals surface area contributed by atoms with Gasteiger partial charge >= 0.3 is 0 Å². The quantitative estimate of drug-likeness (QED) is 0.609. The lowest BCUT2D eigenvalue weighted by atomic mass is 10.1. The Bertz CT molecular complexity index is 484. The van der Waals surface area contributed by atoms with Gasteiger partial charge in [0.05, 0.1) is 18.4 Å². The molecule has 0 radical (unpaired) electrons. The molecule has 82 valence electrons. The van der Waals surface area contributed by atoms with E-state index in [9.17, 15) is 0 Å². The molecule has 16 heavy (non-hydrogen) atoms. The minimum Gasteiger partial charge on any atom is -0.348 e. The third-order valence-corrected chi connectivity index (χ3v) is 2.57. The second-order valence-corrected chi connectivity index (χ2v) is 3.66. The number of rotatable bonds is 3. The van der Waals surface area contributed by atoms with E-state index in [0.29, 0.717) is 0 Å². The molecule has 0 aliphatic rings. The number of hydrogen-bond donors (Lipinski definition) is 2. The molecule has 0 saturated heterocycles. The second kappa shape index (κ2) is 4.18. The van der Waals surface area contributed by atoms with E-state index in [0.717, 1.165) is 22.6 Å². The van der Waals surface area contributed by atoms with Gasteiger partial charge in [-0.15, -0.1) is 0 Å². The summed E-state index contributed by atoms with van der Waals surface area (Å²) in [7, 11) is 1.85. The fourth-order valence-electron chi connectivity index (χ4n) is 1.58. The van der Waals surface area contributed by atoms with Crippen molar-refractivity contribution in [3.8, 4) is 11.3 Å². The highest BCUT2D eigenvalue weighted by Gasteiger charge is 2.04. The maximum atomic E-state index is 7.16. The summed E-state index contributed by atoms with van der Waals surface area (Å²) in [5.74, 6) is 0. The highest BCUT2D eigenvalue weighted by atomic mass is 15.1. The zero-order chi connectivity index (χ0) is 11.5. The zero-order valence-corrected chi connectivity index (χ0v) is 9.36. The summed E-state index contributed by atoms with van der Waals surface area (Å²) >= 11 is 0. The molecule has 1 aromatic heterocycles. The number of nitrogens with zero attached hydrogens (tertiary/aromatic N) is 2. The Balaban J connectivity index is 2.33. The first-order valence-corrected chi connectivity index (χ1v) is 5.06. The molecule has 1 heterocycles. The largest absolute Gasteiger partial charge is 0.348 e. The summed E-state index contributed by atoms with van der Waals surface area (Å²) in [5, 5.41) is 7.16. The molecular weight excluding hydrogens is 200 g/mol. The van der Waals surface area contributed by atoms with Crippen molar-refractivity contribution < 1.29 is 0 Å². The Hall–Kier alpha value is -2.10. The minimum absolute atomic E-state index is 0.976. The Labute approximate surface area is 94.5 Å². The molecule has 0 amide bonds. The van der Waals surface area contributed by atoms with E-state index in [2.05, 4.69) is 9.97 Å². The summed E-state index contributed by atoms with van der Waals surface area (Å²) in [6.45, 7) is 2.00. The van der Waals surface area contributed by atoms with Gasteiger partial charge in [-0.3, -0.25) is 5.41 Å². The Kier molecular flexibility index (Phi) is 2.72. The molecule has 2 N–H and O–H groups in total.